The number of hydrogen-bond acceptors (Lipinski definition) is 1. The summed E-state index contributed by atoms with van der Waals surface area (Å²) in [5, 5.41) is 11.7. The Kier molecular flexibility index (Phi) is 3.12. The van der Waals surface area contributed by atoms with Gasteiger partial charge in [0.1, 0.15) is 18.1 Å². The lowest BCUT2D eigenvalue weighted by atomic mass is 10.1. The molecule has 0 aliphatic carbocycles. The lowest BCUT2D eigenvalue weighted by molar-refractivity contribution is 0.910. The van der Waals surface area contributed by atoms with E-state index in [4.69, 9.17) is 5.26 Å². The van der Waals surface area contributed by atoms with Gasteiger partial charge in [0.25, 0.3) is 0 Å². The molecule has 0 saturated carbocycles. The van der Waals surface area contributed by atoms with E-state index in [-0.39, 0.29) is 0 Å². The molecule has 2 heterocycles. The van der Waals surface area contributed by atoms with Gasteiger partial charge in [-0.15, -0.1) is 0 Å². The van der Waals surface area contributed by atoms with Crippen LogP contribution in [-0.2, 0) is 17.4 Å². The van der Waals surface area contributed by atoms with Crippen molar-refractivity contribution in [3.63, 3.8) is 0 Å². The summed E-state index contributed by atoms with van der Waals surface area (Å²) >= 11 is 0. The fourth-order valence-electron chi connectivity index (χ4n) is 3.34. The molecule has 4 rings (SSSR count). The molecule has 21 heavy (non-hydrogen) atoms. The fraction of sp³-hybridized carbons (Fsp3) is 0.278. The number of aromatic nitrogens is 1. The van der Waals surface area contributed by atoms with Crippen LogP contribution in [0.1, 0.15) is 12.8 Å². The predicted molar refractivity (Wildman–Crippen MR) is 89.7 cm³/mol. The Morgan fingerprint density at radius 2 is 1.76 bits per heavy atom. The van der Waals surface area contributed by atoms with Gasteiger partial charge in [0.2, 0.25) is 0 Å². The van der Waals surface area contributed by atoms with Crippen LogP contribution in [0.5, 0.6) is 0 Å². The molecule has 0 amide bonds. The molecule has 0 N–H and O–H groups in total. The summed E-state index contributed by atoms with van der Waals surface area (Å²) in [6.07, 6.45) is 2.74. The average Bonchev–Trinajstić information content (AvgIpc) is 3.15. The van der Waals surface area contributed by atoms with Crippen molar-refractivity contribution in [2.75, 3.05) is 11.5 Å². The van der Waals surface area contributed by atoms with E-state index in [1.54, 1.807) is 0 Å². The van der Waals surface area contributed by atoms with E-state index in [9.17, 15) is 0 Å². The highest BCUT2D eigenvalue weighted by Gasteiger charge is 2.27. The van der Waals surface area contributed by atoms with Gasteiger partial charge in [-0.3, -0.25) is 0 Å². The van der Waals surface area contributed by atoms with E-state index in [1.807, 2.05) is 0 Å². The standard InChI is InChI=1S/C18H17N2S/c19-9-10-20-17-6-2-1-5-15(17)16-13-14(7-8-18(16)20)21-11-3-4-12-21/h1-2,5-8,13H,3-4,10-12H2/q+1. The van der Waals surface area contributed by atoms with Crippen molar-refractivity contribution in [1.29, 1.82) is 5.26 Å². The molecule has 2 nitrogen and oxygen atoms in total. The first kappa shape index (κ1) is 12.8. The molecular weight excluding hydrogens is 276 g/mol. The molecule has 1 aliphatic heterocycles. The van der Waals surface area contributed by atoms with Crippen LogP contribution in [0, 0.1) is 11.3 Å². The SMILES string of the molecule is N#CCn1c2ccccc2c2cc([S+]3CCCC3)ccc21. The summed E-state index contributed by atoms with van der Waals surface area (Å²) in [5.41, 5.74) is 2.35. The zero-order valence-electron chi connectivity index (χ0n) is 11.9. The van der Waals surface area contributed by atoms with Gasteiger partial charge in [-0.1, -0.05) is 18.2 Å². The summed E-state index contributed by atoms with van der Waals surface area (Å²) in [5.74, 6) is 2.70. The Morgan fingerprint density at radius 1 is 1.00 bits per heavy atom. The number of hydrogen-bond donors (Lipinski definition) is 0. The third-order valence-electron chi connectivity index (χ3n) is 4.34. The molecule has 3 aromatic rings. The Bertz CT molecular complexity index is 851. The van der Waals surface area contributed by atoms with Crippen molar-refractivity contribution in [1.82, 2.24) is 4.57 Å². The predicted octanol–water partition coefficient (Wildman–Crippen LogP) is 4.09. The minimum Gasteiger partial charge on any atom is -0.326 e. The molecule has 0 atom stereocenters. The minimum atomic E-state index is 0.412. The molecule has 0 bridgehead atoms. The molecule has 1 aromatic heterocycles. The van der Waals surface area contributed by atoms with Gasteiger partial charge in [0, 0.05) is 27.7 Å². The number of benzene rings is 2. The summed E-state index contributed by atoms with van der Waals surface area (Å²) in [6, 6.07) is 17.6. The molecule has 3 heteroatoms. The largest absolute Gasteiger partial charge is 0.326 e. The van der Waals surface area contributed by atoms with Gasteiger partial charge in [-0.25, -0.2) is 0 Å². The van der Waals surface area contributed by atoms with E-state index >= 15 is 0 Å². The zero-order valence-corrected chi connectivity index (χ0v) is 12.7. The van der Waals surface area contributed by atoms with Crippen LogP contribution in [0.15, 0.2) is 47.4 Å². The molecular formula is C18H17N2S+. The van der Waals surface area contributed by atoms with Crippen molar-refractivity contribution in [2.24, 2.45) is 0 Å². The van der Waals surface area contributed by atoms with Crippen molar-refractivity contribution in [3.8, 4) is 6.07 Å². The Labute approximate surface area is 127 Å². The second kappa shape index (κ2) is 5.13. The molecule has 2 aromatic carbocycles. The van der Waals surface area contributed by atoms with Gasteiger partial charge in [-0.05, 0) is 31.0 Å². The normalized spacial score (nSPS) is 15.8. The van der Waals surface area contributed by atoms with Gasteiger partial charge in [0.05, 0.1) is 17.1 Å². The van der Waals surface area contributed by atoms with Crippen LogP contribution in [0.2, 0.25) is 0 Å². The van der Waals surface area contributed by atoms with Gasteiger partial charge >= 0.3 is 0 Å². The maximum absolute atomic E-state index is 9.11. The Hall–Kier alpha value is -1.92. The van der Waals surface area contributed by atoms with Crippen LogP contribution >= 0.6 is 0 Å². The fourth-order valence-corrected chi connectivity index (χ4v) is 5.67. The van der Waals surface area contributed by atoms with Gasteiger partial charge in [0.15, 0.2) is 4.90 Å². The Balaban J connectivity index is 1.98. The van der Waals surface area contributed by atoms with Gasteiger partial charge in [-0.2, -0.15) is 5.26 Å². The maximum atomic E-state index is 9.11. The Morgan fingerprint density at radius 3 is 2.57 bits per heavy atom. The number of nitrogens with zero attached hydrogens (tertiary/aromatic N) is 2. The topological polar surface area (TPSA) is 28.7 Å². The number of para-hydroxylation sites is 1. The van der Waals surface area contributed by atoms with E-state index in [0.717, 1.165) is 0 Å². The first-order chi connectivity index (χ1) is 10.4. The minimum absolute atomic E-state index is 0.412. The third kappa shape index (κ3) is 2.02. The van der Waals surface area contributed by atoms with E-state index in [2.05, 4.69) is 53.1 Å². The van der Waals surface area contributed by atoms with Crippen molar-refractivity contribution < 1.29 is 0 Å². The monoisotopic (exact) mass is 293 g/mol. The highest BCUT2D eigenvalue weighted by atomic mass is 32.2. The molecule has 0 spiro atoms. The molecule has 104 valence electrons. The van der Waals surface area contributed by atoms with Crippen molar-refractivity contribution in [2.45, 2.75) is 24.3 Å². The maximum Gasteiger partial charge on any atom is 0.155 e. The molecule has 0 unspecified atom stereocenters. The van der Waals surface area contributed by atoms with E-state index in [1.165, 1.54) is 51.0 Å². The lowest BCUT2D eigenvalue weighted by Crippen LogP contribution is -2.03. The smallest absolute Gasteiger partial charge is 0.155 e. The van der Waals surface area contributed by atoms with Gasteiger partial charge < -0.3 is 4.57 Å². The lowest BCUT2D eigenvalue weighted by Gasteiger charge is -2.03. The first-order valence-electron chi connectivity index (χ1n) is 7.44. The van der Waals surface area contributed by atoms with Crippen molar-refractivity contribution in [3.05, 3.63) is 42.5 Å². The summed E-state index contributed by atoms with van der Waals surface area (Å²) < 4.78 is 2.13. The molecule has 0 radical (unpaired) electrons. The summed E-state index contributed by atoms with van der Waals surface area (Å²) in [7, 11) is 0.442. The van der Waals surface area contributed by atoms with Crippen LogP contribution in [-0.4, -0.2) is 16.1 Å². The molecule has 1 fully saturated rings. The van der Waals surface area contributed by atoms with E-state index in [0.29, 0.717) is 17.4 Å². The quantitative estimate of drug-likeness (QED) is 0.654. The highest BCUT2D eigenvalue weighted by molar-refractivity contribution is 7.97. The second-order valence-electron chi connectivity index (χ2n) is 5.55. The van der Waals surface area contributed by atoms with E-state index < -0.39 is 0 Å². The first-order valence-corrected chi connectivity index (χ1v) is 9.00. The third-order valence-corrected chi connectivity index (χ3v) is 6.82. The van der Waals surface area contributed by atoms with Crippen LogP contribution in [0.3, 0.4) is 0 Å². The number of rotatable bonds is 2. The average molecular weight is 293 g/mol. The summed E-state index contributed by atoms with van der Waals surface area (Å²) in [4.78, 5) is 1.50. The number of fused-ring (bicyclic) bond motifs is 3. The van der Waals surface area contributed by atoms with Crippen LogP contribution < -0.4 is 0 Å². The van der Waals surface area contributed by atoms with Crippen LogP contribution in [0.4, 0.5) is 0 Å². The van der Waals surface area contributed by atoms with Crippen molar-refractivity contribution >= 4 is 32.7 Å². The molecule has 1 saturated heterocycles. The summed E-state index contributed by atoms with van der Waals surface area (Å²) in [6.45, 7) is 0.412. The second-order valence-corrected chi connectivity index (χ2v) is 7.82. The van der Waals surface area contributed by atoms with Crippen LogP contribution in [0.25, 0.3) is 21.8 Å². The molecule has 1 aliphatic rings. The number of nitriles is 1. The highest BCUT2D eigenvalue weighted by Crippen LogP contribution is 2.32. The zero-order chi connectivity index (χ0) is 14.2.